The summed E-state index contributed by atoms with van der Waals surface area (Å²) in [6.45, 7) is 3.57. The molecule has 0 aliphatic rings. The predicted octanol–water partition coefficient (Wildman–Crippen LogP) is 3.29. The smallest absolute Gasteiger partial charge is 0.322 e. The Morgan fingerprint density at radius 1 is 1.00 bits per heavy atom. The van der Waals surface area contributed by atoms with Gasteiger partial charge in [0, 0.05) is 5.92 Å². The van der Waals surface area contributed by atoms with E-state index >= 15 is 0 Å². The number of rotatable bonds is 6. The van der Waals surface area contributed by atoms with Gasteiger partial charge in [-0.1, -0.05) is 60.7 Å². The maximum atomic E-state index is 11.8. The van der Waals surface area contributed by atoms with Gasteiger partial charge in [-0.25, -0.2) is 0 Å². The van der Waals surface area contributed by atoms with Gasteiger partial charge in [0.1, 0.15) is 12.1 Å². The van der Waals surface area contributed by atoms with Crippen LogP contribution in [0.25, 0.3) is 0 Å². The summed E-state index contributed by atoms with van der Waals surface area (Å²) in [5.41, 5.74) is 7.99. The van der Waals surface area contributed by atoms with Crippen LogP contribution in [-0.4, -0.2) is 18.1 Å². The van der Waals surface area contributed by atoms with Crippen LogP contribution in [0.15, 0.2) is 60.7 Å². The Labute approximate surface area is 132 Å². The van der Waals surface area contributed by atoms with Crippen LogP contribution in [0.1, 0.15) is 30.9 Å². The van der Waals surface area contributed by atoms with Crippen LogP contribution >= 0.6 is 0 Å². The zero-order chi connectivity index (χ0) is 15.9. The molecule has 3 heteroatoms. The first-order chi connectivity index (χ1) is 10.6. The van der Waals surface area contributed by atoms with Crippen LogP contribution in [0.5, 0.6) is 0 Å². The van der Waals surface area contributed by atoms with Crippen LogP contribution in [0.4, 0.5) is 0 Å². The first-order valence-corrected chi connectivity index (χ1v) is 7.63. The molecule has 0 aliphatic carbocycles. The van der Waals surface area contributed by atoms with Crippen molar-refractivity contribution < 1.29 is 9.53 Å². The third-order valence-corrected chi connectivity index (χ3v) is 3.77. The van der Waals surface area contributed by atoms with E-state index in [1.807, 2.05) is 43.3 Å². The van der Waals surface area contributed by atoms with Crippen molar-refractivity contribution in [2.75, 3.05) is 0 Å². The van der Waals surface area contributed by atoms with E-state index in [1.165, 1.54) is 5.56 Å². The van der Waals surface area contributed by atoms with Crippen molar-refractivity contribution in [3.8, 4) is 0 Å². The molecule has 3 atom stereocenters. The van der Waals surface area contributed by atoms with E-state index in [0.29, 0.717) is 0 Å². The first kappa shape index (κ1) is 16.2. The fourth-order valence-corrected chi connectivity index (χ4v) is 2.50. The molecule has 0 aromatic heterocycles. The molecule has 0 heterocycles. The number of hydrogen-bond donors (Lipinski definition) is 1. The van der Waals surface area contributed by atoms with E-state index in [4.69, 9.17) is 10.5 Å². The standard InChI is InChI=1S/C19H23NO2/c1-14(20)19(21)22-15(2)18(17-11-7-4-8-12-17)13-16-9-5-3-6-10-16/h3-12,14-15,18H,13,20H2,1-2H3/t14-,15-,18-/m0/s1. The SMILES string of the molecule is C[C@H](N)C(=O)O[C@@H](C)[C@H](Cc1ccccc1)c1ccccc1. The molecule has 3 nitrogen and oxygen atoms in total. The summed E-state index contributed by atoms with van der Waals surface area (Å²) in [5, 5.41) is 0. The van der Waals surface area contributed by atoms with E-state index in [-0.39, 0.29) is 18.0 Å². The largest absolute Gasteiger partial charge is 0.461 e. The van der Waals surface area contributed by atoms with Gasteiger partial charge in [-0.15, -0.1) is 0 Å². The highest BCUT2D eigenvalue weighted by Crippen LogP contribution is 2.26. The van der Waals surface area contributed by atoms with Gasteiger partial charge in [-0.2, -0.15) is 0 Å². The Hall–Kier alpha value is -2.13. The average molecular weight is 297 g/mol. The van der Waals surface area contributed by atoms with E-state index < -0.39 is 6.04 Å². The van der Waals surface area contributed by atoms with Crippen molar-refractivity contribution in [2.45, 2.75) is 38.3 Å². The number of esters is 1. The second-order valence-corrected chi connectivity index (χ2v) is 5.64. The minimum atomic E-state index is -0.601. The summed E-state index contributed by atoms with van der Waals surface area (Å²) in [5.74, 6) is -0.257. The molecule has 2 aromatic carbocycles. The van der Waals surface area contributed by atoms with Crippen molar-refractivity contribution in [2.24, 2.45) is 5.73 Å². The van der Waals surface area contributed by atoms with E-state index in [1.54, 1.807) is 6.92 Å². The number of ether oxygens (including phenoxy) is 1. The molecule has 0 aliphatic heterocycles. The molecule has 0 amide bonds. The fraction of sp³-hybridized carbons (Fsp3) is 0.316. The van der Waals surface area contributed by atoms with Gasteiger partial charge >= 0.3 is 5.97 Å². The summed E-state index contributed by atoms with van der Waals surface area (Å²) in [4.78, 5) is 11.8. The van der Waals surface area contributed by atoms with Crippen LogP contribution in [0.3, 0.4) is 0 Å². The molecule has 0 unspecified atom stereocenters. The maximum Gasteiger partial charge on any atom is 0.322 e. The Balaban J connectivity index is 2.20. The molecule has 0 fully saturated rings. The molecule has 0 spiro atoms. The van der Waals surface area contributed by atoms with E-state index in [2.05, 4.69) is 24.3 Å². The molecule has 0 saturated heterocycles. The lowest BCUT2D eigenvalue weighted by Gasteiger charge is -2.25. The molecule has 116 valence electrons. The van der Waals surface area contributed by atoms with Gasteiger partial charge in [-0.3, -0.25) is 4.79 Å². The highest BCUT2D eigenvalue weighted by atomic mass is 16.5. The Bertz CT molecular complexity index is 581. The molecule has 0 radical (unpaired) electrons. The van der Waals surface area contributed by atoms with Crippen LogP contribution in [-0.2, 0) is 16.0 Å². The third-order valence-electron chi connectivity index (χ3n) is 3.77. The van der Waals surface area contributed by atoms with Crippen molar-refractivity contribution >= 4 is 5.97 Å². The summed E-state index contributed by atoms with van der Waals surface area (Å²) >= 11 is 0. The minimum Gasteiger partial charge on any atom is -0.461 e. The molecule has 2 aromatic rings. The number of carbonyl (C=O) groups excluding carboxylic acids is 1. The normalized spacial score (nSPS) is 14.9. The number of hydrogen-bond acceptors (Lipinski definition) is 3. The number of benzene rings is 2. The lowest BCUT2D eigenvalue weighted by atomic mass is 9.88. The van der Waals surface area contributed by atoms with E-state index in [9.17, 15) is 4.79 Å². The molecule has 0 bridgehead atoms. The van der Waals surface area contributed by atoms with E-state index in [0.717, 1.165) is 12.0 Å². The van der Waals surface area contributed by atoms with Gasteiger partial charge in [0.25, 0.3) is 0 Å². The average Bonchev–Trinajstić information content (AvgIpc) is 2.54. The van der Waals surface area contributed by atoms with Gasteiger partial charge in [0.05, 0.1) is 0 Å². The molecule has 2 rings (SSSR count). The Morgan fingerprint density at radius 3 is 2.09 bits per heavy atom. The molecule has 0 saturated carbocycles. The number of nitrogens with two attached hydrogens (primary N) is 1. The van der Waals surface area contributed by atoms with Crippen molar-refractivity contribution in [1.29, 1.82) is 0 Å². The predicted molar refractivity (Wildman–Crippen MR) is 88.5 cm³/mol. The fourth-order valence-electron chi connectivity index (χ4n) is 2.50. The Morgan fingerprint density at radius 2 is 1.55 bits per heavy atom. The second kappa shape index (κ2) is 7.76. The molecular weight excluding hydrogens is 274 g/mol. The van der Waals surface area contributed by atoms with Crippen LogP contribution in [0, 0.1) is 0 Å². The first-order valence-electron chi connectivity index (χ1n) is 7.63. The monoisotopic (exact) mass is 297 g/mol. The topological polar surface area (TPSA) is 52.3 Å². The zero-order valence-electron chi connectivity index (χ0n) is 13.1. The lowest BCUT2D eigenvalue weighted by Crippen LogP contribution is -2.34. The van der Waals surface area contributed by atoms with Gasteiger partial charge in [-0.05, 0) is 31.4 Å². The Kier molecular flexibility index (Phi) is 5.73. The van der Waals surface area contributed by atoms with Crippen molar-refractivity contribution in [1.82, 2.24) is 0 Å². The van der Waals surface area contributed by atoms with Gasteiger partial charge in [0.2, 0.25) is 0 Å². The molecule has 22 heavy (non-hydrogen) atoms. The van der Waals surface area contributed by atoms with Crippen LogP contribution < -0.4 is 5.73 Å². The van der Waals surface area contributed by atoms with Gasteiger partial charge < -0.3 is 10.5 Å². The summed E-state index contributed by atoms with van der Waals surface area (Å²) in [7, 11) is 0. The summed E-state index contributed by atoms with van der Waals surface area (Å²) in [6.07, 6.45) is 0.583. The lowest BCUT2D eigenvalue weighted by molar-refractivity contribution is -0.150. The van der Waals surface area contributed by atoms with Crippen LogP contribution in [0.2, 0.25) is 0 Å². The van der Waals surface area contributed by atoms with Crippen molar-refractivity contribution in [3.63, 3.8) is 0 Å². The highest BCUT2D eigenvalue weighted by Gasteiger charge is 2.24. The van der Waals surface area contributed by atoms with Gasteiger partial charge in [0.15, 0.2) is 0 Å². The molecular formula is C19H23NO2. The minimum absolute atomic E-state index is 0.103. The van der Waals surface area contributed by atoms with Crippen molar-refractivity contribution in [3.05, 3.63) is 71.8 Å². The second-order valence-electron chi connectivity index (χ2n) is 5.64. The third kappa shape index (κ3) is 4.43. The quantitative estimate of drug-likeness (QED) is 0.832. The number of carbonyl (C=O) groups is 1. The maximum absolute atomic E-state index is 11.8. The highest BCUT2D eigenvalue weighted by molar-refractivity contribution is 5.75. The molecule has 2 N–H and O–H groups in total. The zero-order valence-corrected chi connectivity index (χ0v) is 13.1. The summed E-state index contributed by atoms with van der Waals surface area (Å²) < 4.78 is 5.54. The summed E-state index contributed by atoms with van der Waals surface area (Å²) in [6, 6.07) is 19.8.